The molecule has 0 aliphatic carbocycles. The zero-order valence-electron chi connectivity index (χ0n) is 7.19. The molecule has 1 aromatic heterocycles. The summed E-state index contributed by atoms with van der Waals surface area (Å²) in [7, 11) is 0. The van der Waals surface area contributed by atoms with E-state index >= 15 is 0 Å². The molecule has 2 rings (SSSR count). The lowest BCUT2D eigenvalue weighted by Crippen LogP contribution is -1.84. The highest BCUT2D eigenvalue weighted by molar-refractivity contribution is 7.80. The predicted octanol–water partition coefficient (Wildman–Crippen LogP) is 2.96. The third kappa shape index (κ3) is 1.35. The molecule has 0 aliphatic heterocycles. The molecule has 1 N–H and O–H groups in total. The van der Waals surface area contributed by atoms with Crippen molar-refractivity contribution in [2.45, 2.75) is 11.3 Å². The molecular weight excluding hydrogens is 214 g/mol. The molecule has 0 spiro atoms. The van der Waals surface area contributed by atoms with Crippen molar-refractivity contribution >= 4 is 34.1 Å². The van der Waals surface area contributed by atoms with Crippen LogP contribution in [-0.4, -0.2) is 5.11 Å². The maximum atomic E-state index is 9.66. The van der Waals surface area contributed by atoms with E-state index in [-0.39, 0.29) is 12.2 Å². The largest absolute Gasteiger partial charge is 0.506 e. The van der Waals surface area contributed by atoms with E-state index in [9.17, 15) is 5.11 Å². The first kappa shape index (κ1) is 9.38. The van der Waals surface area contributed by atoms with Crippen LogP contribution >= 0.6 is 24.0 Å². The summed E-state index contributed by atoms with van der Waals surface area (Å²) in [5.41, 5.74) is 0.777. The first-order chi connectivity index (χ1) is 6.74. The van der Waals surface area contributed by atoms with E-state index in [4.69, 9.17) is 5.26 Å². The number of hydrogen-bond acceptors (Lipinski definition) is 4. The first-order valence-corrected chi connectivity index (χ1v) is 5.34. The number of nitriles is 1. The Labute approximate surface area is 90.8 Å². The minimum absolute atomic E-state index is 0.234. The lowest BCUT2D eigenvalue weighted by molar-refractivity contribution is 0.481. The second-order valence-corrected chi connectivity index (χ2v) is 4.27. The Morgan fingerprint density at radius 3 is 3.07 bits per heavy atom. The number of thiol groups is 1. The summed E-state index contributed by atoms with van der Waals surface area (Å²) in [6.07, 6.45) is 0.276. The number of phenolic OH excluding ortho intramolecular Hbond substituents is 1. The summed E-state index contributed by atoms with van der Waals surface area (Å²) in [5.74, 6) is 0.234. The summed E-state index contributed by atoms with van der Waals surface area (Å²) in [6, 6.07) is 5.57. The Morgan fingerprint density at radius 1 is 1.57 bits per heavy atom. The fourth-order valence-corrected chi connectivity index (χ4v) is 2.61. The maximum absolute atomic E-state index is 9.66. The van der Waals surface area contributed by atoms with Gasteiger partial charge in [-0.25, -0.2) is 0 Å². The van der Waals surface area contributed by atoms with Crippen LogP contribution in [0.1, 0.15) is 5.56 Å². The third-order valence-corrected chi connectivity index (χ3v) is 3.50. The van der Waals surface area contributed by atoms with Gasteiger partial charge in [0.05, 0.1) is 17.2 Å². The van der Waals surface area contributed by atoms with Crippen molar-refractivity contribution in [3.8, 4) is 11.8 Å². The quantitative estimate of drug-likeness (QED) is 0.727. The predicted molar refractivity (Wildman–Crippen MR) is 60.1 cm³/mol. The van der Waals surface area contributed by atoms with E-state index < -0.39 is 0 Å². The molecule has 4 heteroatoms. The normalized spacial score (nSPS) is 10.3. The van der Waals surface area contributed by atoms with Gasteiger partial charge in [0, 0.05) is 10.3 Å². The van der Waals surface area contributed by atoms with Crippen LogP contribution in [0.25, 0.3) is 10.1 Å². The van der Waals surface area contributed by atoms with Gasteiger partial charge in [-0.3, -0.25) is 0 Å². The number of nitrogens with zero attached hydrogens (tertiary/aromatic N) is 1. The molecule has 0 radical (unpaired) electrons. The molecule has 0 atom stereocenters. The highest BCUT2D eigenvalue weighted by atomic mass is 32.1. The number of hydrogen-bond donors (Lipinski definition) is 2. The molecule has 1 heterocycles. The van der Waals surface area contributed by atoms with Crippen molar-refractivity contribution < 1.29 is 5.11 Å². The van der Waals surface area contributed by atoms with E-state index in [1.165, 1.54) is 11.3 Å². The Hall–Kier alpha value is -1.18. The first-order valence-electron chi connectivity index (χ1n) is 4.02. The monoisotopic (exact) mass is 221 g/mol. The molecule has 0 unspecified atom stereocenters. The summed E-state index contributed by atoms with van der Waals surface area (Å²) in [5, 5.41) is 21.1. The Balaban J connectivity index is 2.76. The molecule has 0 fully saturated rings. The van der Waals surface area contributed by atoms with Gasteiger partial charge in [0.1, 0.15) is 5.75 Å². The Bertz CT molecular complexity index is 525. The molecular formula is C10H7NOS2. The molecule has 0 saturated heterocycles. The molecule has 2 nitrogen and oxygen atoms in total. The van der Waals surface area contributed by atoms with Crippen LogP contribution in [0, 0.1) is 11.3 Å². The van der Waals surface area contributed by atoms with E-state index in [1.807, 2.05) is 11.4 Å². The summed E-state index contributed by atoms with van der Waals surface area (Å²) in [6.45, 7) is 0. The second kappa shape index (κ2) is 3.52. The molecule has 2 aromatic rings. The van der Waals surface area contributed by atoms with Crippen LogP contribution in [0.2, 0.25) is 0 Å². The number of rotatable bonds is 1. The van der Waals surface area contributed by atoms with Gasteiger partial charge < -0.3 is 5.11 Å². The maximum Gasteiger partial charge on any atom is 0.133 e. The zero-order chi connectivity index (χ0) is 10.1. The molecule has 0 bridgehead atoms. The van der Waals surface area contributed by atoms with Crippen LogP contribution in [0.3, 0.4) is 0 Å². The number of benzene rings is 1. The van der Waals surface area contributed by atoms with Gasteiger partial charge in [-0.05, 0) is 23.1 Å². The minimum Gasteiger partial charge on any atom is -0.506 e. The zero-order valence-corrected chi connectivity index (χ0v) is 8.90. The van der Waals surface area contributed by atoms with Gasteiger partial charge in [0.2, 0.25) is 0 Å². The Morgan fingerprint density at radius 2 is 2.36 bits per heavy atom. The van der Waals surface area contributed by atoms with Crippen molar-refractivity contribution in [2.24, 2.45) is 0 Å². The fraction of sp³-hybridized carbons (Fsp3) is 0.100. The van der Waals surface area contributed by atoms with Gasteiger partial charge in [0.25, 0.3) is 0 Å². The van der Waals surface area contributed by atoms with Crippen LogP contribution in [-0.2, 0) is 6.42 Å². The minimum atomic E-state index is 0.234. The molecule has 0 amide bonds. The molecule has 0 aliphatic rings. The molecule has 1 aromatic carbocycles. The summed E-state index contributed by atoms with van der Waals surface area (Å²) < 4.78 is 0.830. The van der Waals surface area contributed by atoms with Crippen molar-refractivity contribution in [3.63, 3.8) is 0 Å². The van der Waals surface area contributed by atoms with E-state index in [1.54, 1.807) is 6.07 Å². The van der Waals surface area contributed by atoms with Gasteiger partial charge in [-0.2, -0.15) is 5.26 Å². The van der Waals surface area contributed by atoms with Crippen LogP contribution in [0.5, 0.6) is 5.75 Å². The number of aromatic hydroxyl groups is 1. The standard InChI is InChI=1S/C10H7NOS2/c11-3-1-6-5-8(12)10-7(9(6)13)2-4-14-10/h2,4-5,12-13H,1H2. The van der Waals surface area contributed by atoms with Crippen LogP contribution < -0.4 is 0 Å². The average molecular weight is 221 g/mol. The van der Waals surface area contributed by atoms with Gasteiger partial charge in [0.15, 0.2) is 0 Å². The topological polar surface area (TPSA) is 44.0 Å². The van der Waals surface area contributed by atoms with Crippen molar-refractivity contribution in [3.05, 3.63) is 23.1 Å². The Kier molecular flexibility index (Phi) is 2.36. The van der Waals surface area contributed by atoms with Gasteiger partial charge in [-0.1, -0.05) is 0 Å². The smallest absolute Gasteiger partial charge is 0.133 e. The van der Waals surface area contributed by atoms with E-state index in [2.05, 4.69) is 18.7 Å². The average Bonchev–Trinajstić information content (AvgIpc) is 2.63. The molecule has 14 heavy (non-hydrogen) atoms. The fourth-order valence-electron chi connectivity index (χ4n) is 1.39. The van der Waals surface area contributed by atoms with Crippen molar-refractivity contribution in [1.82, 2.24) is 0 Å². The third-order valence-electron chi connectivity index (χ3n) is 2.04. The molecule has 70 valence electrons. The van der Waals surface area contributed by atoms with Crippen molar-refractivity contribution in [1.29, 1.82) is 5.26 Å². The van der Waals surface area contributed by atoms with Gasteiger partial charge in [-0.15, -0.1) is 24.0 Å². The van der Waals surface area contributed by atoms with Crippen molar-refractivity contribution in [2.75, 3.05) is 0 Å². The lowest BCUT2D eigenvalue weighted by atomic mass is 10.1. The lowest BCUT2D eigenvalue weighted by Gasteiger charge is -2.04. The number of phenols is 1. The van der Waals surface area contributed by atoms with Gasteiger partial charge >= 0.3 is 0 Å². The number of fused-ring (bicyclic) bond motifs is 1. The summed E-state index contributed by atoms with van der Waals surface area (Å²) in [4.78, 5) is 0.792. The summed E-state index contributed by atoms with van der Waals surface area (Å²) >= 11 is 5.83. The van der Waals surface area contributed by atoms with Crippen LogP contribution in [0.4, 0.5) is 0 Å². The van der Waals surface area contributed by atoms with E-state index in [0.29, 0.717) is 0 Å². The second-order valence-electron chi connectivity index (χ2n) is 2.90. The number of thiophene rings is 1. The SMILES string of the molecule is N#CCc1cc(O)c2sccc2c1S. The van der Waals surface area contributed by atoms with E-state index in [0.717, 1.165) is 20.5 Å². The highest BCUT2D eigenvalue weighted by Crippen LogP contribution is 2.36. The van der Waals surface area contributed by atoms with Crippen LogP contribution in [0.15, 0.2) is 22.4 Å². The highest BCUT2D eigenvalue weighted by Gasteiger charge is 2.09. The molecule has 0 saturated carbocycles.